The van der Waals surface area contributed by atoms with Crippen LogP contribution in [0, 0.1) is 13.8 Å². The van der Waals surface area contributed by atoms with Gasteiger partial charge >= 0.3 is 0 Å². The van der Waals surface area contributed by atoms with Crippen molar-refractivity contribution in [3.8, 4) is 0 Å². The average molecular weight is 290 g/mol. The number of hydrogen-bond donors (Lipinski definition) is 2. The van der Waals surface area contributed by atoms with E-state index in [2.05, 4.69) is 73.5 Å². The molecule has 4 nitrogen and oxygen atoms in total. The topological polar surface area (TPSA) is 39.7 Å². The third-order valence-corrected chi connectivity index (χ3v) is 3.81. The van der Waals surface area contributed by atoms with Gasteiger partial charge in [0.2, 0.25) is 0 Å². The average Bonchev–Trinajstić information content (AvgIpc) is 2.43. The van der Waals surface area contributed by atoms with E-state index in [4.69, 9.17) is 0 Å². The van der Waals surface area contributed by atoms with Gasteiger partial charge in [-0.25, -0.2) is 0 Å². The summed E-state index contributed by atoms with van der Waals surface area (Å²) in [5.41, 5.74) is 3.93. The third-order valence-electron chi connectivity index (χ3n) is 3.81. The van der Waals surface area contributed by atoms with E-state index in [1.807, 2.05) is 7.05 Å². The van der Waals surface area contributed by atoms with Gasteiger partial charge in [-0.2, -0.15) is 0 Å². The number of nitrogens with one attached hydrogen (secondary N) is 2. The van der Waals surface area contributed by atoms with E-state index in [0.29, 0.717) is 6.04 Å². The van der Waals surface area contributed by atoms with Crippen molar-refractivity contribution in [2.24, 2.45) is 4.99 Å². The first-order valence-corrected chi connectivity index (χ1v) is 7.65. The third kappa shape index (κ3) is 6.17. The second-order valence-corrected chi connectivity index (χ2v) is 5.86. The molecule has 0 aromatic heterocycles. The second-order valence-electron chi connectivity index (χ2n) is 5.86. The Bertz CT molecular complexity index is 466. The summed E-state index contributed by atoms with van der Waals surface area (Å²) >= 11 is 0. The molecule has 0 aliphatic heterocycles. The summed E-state index contributed by atoms with van der Waals surface area (Å²) in [5.74, 6) is 0.854. The lowest BCUT2D eigenvalue weighted by molar-refractivity contribution is 0.278. The summed E-state index contributed by atoms with van der Waals surface area (Å²) in [7, 11) is 3.95. The van der Waals surface area contributed by atoms with Crippen molar-refractivity contribution >= 4 is 5.96 Å². The Balaban J connectivity index is 2.41. The summed E-state index contributed by atoms with van der Waals surface area (Å²) < 4.78 is 0. The van der Waals surface area contributed by atoms with Crippen molar-refractivity contribution in [1.82, 2.24) is 15.5 Å². The molecule has 1 rings (SSSR count). The lowest BCUT2D eigenvalue weighted by Gasteiger charge is -2.21. The number of benzene rings is 1. The number of hydrogen-bond acceptors (Lipinski definition) is 2. The van der Waals surface area contributed by atoms with Crippen LogP contribution in [0.1, 0.15) is 30.5 Å². The van der Waals surface area contributed by atoms with Crippen LogP contribution in [-0.4, -0.2) is 44.1 Å². The van der Waals surface area contributed by atoms with Crippen LogP contribution in [0.2, 0.25) is 0 Å². The summed E-state index contributed by atoms with van der Waals surface area (Å²) in [4.78, 5) is 6.58. The Labute approximate surface area is 129 Å². The van der Waals surface area contributed by atoms with Crippen LogP contribution in [0.15, 0.2) is 23.2 Å². The molecule has 0 atom stereocenters. The Morgan fingerprint density at radius 2 is 1.95 bits per heavy atom. The van der Waals surface area contributed by atoms with Crippen molar-refractivity contribution in [1.29, 1.82) is 0 Å². The summed E-state index contributed by atoms with van der Waals surface area (Å²) in [6.45, 7) is 11.4. The monoisotopic (exact) mass is 290 g/mol. The van der Waals surface area contributed by atoms with Crippen LogP contribution in [-0.2, 0) is 6.54 Å². The molecule has 0 saturated heterocycles. The molecule has 0 spiro atoms. The van der Waals surface area contributed by atoms with Gasteiger partial charge in [0.25, 0.3) is 0 Å². The second kappa shape index (κ2) is 8.67. The smallest absolute Gasteiger partial charge is 0.191 e. The lowest BCUT2D eigenvalue weighted by Crippen LogP contribution is -2.41. The highest BCUT2D eigenvalue weighted by atomic mass is 15.2. The first kappa shape index (κ1) is 17.5. The molecule has 118 valence electrons. The zero-order chi connectivity index (χ0) is 15.8. The molecule has 0 saturated carbocycles. The van der Waals surface area contributed by atoms with Gasteiger partial charge in [-0.05, 0) is 45.9 Å². The number of aryl methyl sites for hydroxylation is 2. The van der Waals surface area contributed by atoms with Crippen LogP contribution >= 0.6 is 0 Å². The predicted octanol–water partition coefficient (Wildman–Crippen LogP) is 2.31. The Morgan fingerprint density at radius 3 is 2.52 bits per heavy atom. The molecule has 0 bridgehead atoms. The fraction of sp³-hybridized carbons (Fsp3) is 0.588. The fourth-order valence-corrected chi connectivity index (χ4v) is 2.05. The molecule has 0 heterocycles. The van der Waals surface area contributed by atoms with Crippen LogP contribution in [0.5, 0.6) is 0 Å². The highest BCUT2D eigenvalue weighted by molar-refractivity contribution is 5.79. The molecule has 0 radical (unpaired) electrons. The first-order chi connectivity index (χ1) is 9.93. The van der Waals surface area contributed by atoms with Gasteiger partial charge in [0, 0.05) is 32.7 Å². The number of likely N-dealkylation sites (N-methyl/N-ethyl adjacent to an activating group) is 1. The number of rotatable bonds is 6. The molecule has 0 fully saturated rings. The van der Waals surface area contributed by atoms with E-state index in [1.165, 1.54) is 16.7 Å². The molecule has 4 heteroatoms. The summed E-state index contributed by atoms with van der Waals surface area (Å²) in [6, 6.07) is 7.11. The molecule has 0 unspecified atom stereocenters. The van der Waals surface area contributed by atoms with E-state index in [1.54, 1.807) is 0 Å². The predicted molar refractivity (Wildman–Crippen MR) is 91.9 cm³/mol. The van der Waals surface area contributed by atoms with Crippen LogP contribution in [0.3, 0.4) is 0 Å². The minimum atomic E-state index is 0.567. The van der Waals surface area contributed by atoms with Crippen molar-refractivity contribution in [3.63, 3.8) is 0 Å². The van der Waals surface area contributed by atoms with Gasteiger partial charge in [0.1, 0.15) is 0 Å². The van der Waals surface area contributed by atoms with E-state index in [-0.39, 0.29) is 0 Å². The Morgan fingerprint density at radius 1 is 1.24 bits per heavy atom. The van der Waals surface area contributed by atoms with Crippen molar-refractivity contribution in [2.45, 2.75) is 40.3 Å². The molecule has 0 amide bonds. The maximum Gasteiger partial charge on any atom is 0.191 e. The van der Waals surface area contributed by atoms with Gasteiger partial charge in [-0.1, -0.05) is 23.8 Å². The van der Waals surface area contributed by atoms with Gasteiger partial charge in [-0.15, -0.1) is 0 Å². The van der Waals surface area contributed by atoms with E-state index in [0.717, 1.165) is 25.6 Å². The van der Waals surface area contributed by atoms with E-state index in [9.17, 15) is 0 Å². The highest BCUT2D eigenvalue weighted by Gasteiger charge is 2.04. The van der Waals surface area contributed by atoms with E-state index < -0.39 is 0 Å². The van der Waals surface area contributed by atoms with Crippen molar-refractivity contribution < 1.29 is 0 Å². The Hall–Kier alpha value is -1.55. The SMILES string of the molecule is CN=C(NCCN(C)C(C)C)NCc1ccc(C)cc1C. The molecule has 0 aliphatic rings. The van der Waals surface area contributed by atoms with E-state index >= 15 is 0 Å². The standard InChI is InChI=1S/C17H30N4/c1-13(2)21(6)10-9-19-17(18-5)20-12-16-8-7-14(3)11-15(16)4/h7-8,11,13H,9-10,12H2,1-6H3,(H2,18,19,20). The maximum atomic E-state index is 4.27. The zero-order valence-electron chi connectivity index (χ0n) is 14.3. The highest BCUT2D eigenvalue weighted by Crippen LogP contribution is 2.09. The van der Waals surface area contributed by atoms with Crippen LogP contribution in [0.25, 0.3) is 0 Å². The molecular formula is C17H30N4. The van der Waals surface area contributed by atoms with Gasteiger partial charge in [0.15, 0.2) is 5.96 Å². The molecule has 0 aliphatic carbocycles. The molecule has 21 heavy (non-hydrogen) atoms. The number of guanidine groups is 1. The van der Waals surface area contributed by atoms with Crippen LogP contribution in [0.4, 0.5) is 0 Å². The molecule has 2 N–H and O–H groups in total. The van der Waals surface area contributed by atoms with Gasteiger partial charge in [0.05, 0.1) is 0 Å². The zero-order valence-corrected chi connectivity index (χ0v) is 14.3. The fourth-order valence-electron chi connectivity index (χ4n) is 2.05. The van der Waals surface area contributed by atoms with Crippen molar-refractivity contribution in [2.75, 3.05) is 27.2 Å². The number of nitrogens with zero attached hydrogens (tertiary/aromatic N) is 2. The molecule has 1 aromatic carbocycles. The minimum Gasteiger partial charge on any atom is -0.355 e. The largest absolute Gasteiger partial charge is 0.355 e. The minimum absolute atomic E-state index is 0.567. The first-order valence-electron chi connectivity index (χ1n) is 7.65. The lowest BCUT2D eigenvalue weighted by atomic mass is 10.1. The summed E-state index contributed by atoms with van der Waals surface area (Å²) in [5, 5.41) is 6.72. The van der Waals surface area contributed by atoms with Gasteiger partial charge < -0.3 is 15.5 Å². The van der Waals surface area contributed by atoms with Crippen LogP contribution < -0.4 is 10.6 Å². The summed E-state index contributed by atoms with van der Waals surface area (Å²) in [6.07, 6.45) is 0. The Kier molecular flexibility index (Phi) is 7.23. The van der Waals surface area contributed by atoms with Crippen molar-refractivity contribution in [3.05, 3.63) is 34.9 Å². The maximum absolute atomic E-state index is 4.27. The number of aliphatic imine (C=N–C) groups is 1. The molecule has 1 aromatic rings. The normalized spacial score (nSPS) is 12.1. The molecular weight excluding hydrogens is 260 g/mol. The van der Waals surface area contributed by atoms with Gasteiger partial charge in [-0.3, -0.25) is 4.99 Å². The quantitative estimate of drug-likeness (QED) is 0.624.